The molecule has 1 unspecified atom stereocenters. The van der Waals surface area contributed by atoms with Crippen molar-refractivity contribution in [1.29, 1.82) is 0 Å². The number of carbonyl (C=O) groups is 3. The molecular formula is C44H44N4O9S. The molecule has 3 heterocycles. The Labute approximate surface area is 336 Å². The zero-order valence-corrected chi connectivity index (χ0v) is 32.9. The number of phenolic OH excluding ortho intramolecular Hbond substituents is 1. The van der Waals surface area contributed by atoms with E-state index in [1.54, 1.807) is 47.4 Å². The molecule has 2 fully saturated rings. The number of phenols is 1. The molecule has 0 aromatic heterocycles. The maximum atomic E-state index is 13.3. The summed E-state index contributed by atoms with van der Waals surface area (Å²) in [5.74, 6) is 1.11. The van der Waals surface area contributed by atoms with Crippen LogP contribution in [0.5, 0.6) is 23.0 Å². The summed E-state index contributed by atoms with van der Waals surface area (Å²) in [4.78, 5) is 43.7. The number of ether oxygens (including phenoxy) is 3. The number of fused-ring (bicyclic) bond motifs is 2. The summed E-state index contributed by atoms with van der Waals surface area (Å²) in [6.07, 6.45) is 1.76. The van der Waals surface area contributed by atoms with Crippen molar-refractivity contribution in [3.8, 4) is 34.1 Å². The van der Waals surface area contributed by atoms with Crippen molar-refractivity contribution in [1.82, 2.24) is 15.1 Å². The van der Waals surface area contributed by atoms with Gasteiger partial charge in [0.15, 0.2) is 9.84 Å². The number of hydrogen-bond donors (Lipinski definition) is 2. The van der Waals surface area contributed by atoms with Crippen LogP contribution in [0.4, 0.5) is 5.69 Å². The van der Waals surface area contributed by atoms with E-state index in [1.165, 1.54) is 6.26 Å². The summed E-state index contributed by atoms with van der Waals surface area (Å²) in [5.41, 5.74) is 4.08. The predicted molar refractivity (Wildman–Crippen MR) is 218 cm³/mol. The number of piperazine rings is 1. The van der Waals surface area contributed by atoms with Gasteiger partial charge in [-0.3, -0.25) is 24.6 Å². The molecular weight excluding hydrogens is 761 g/mol. The van der Waals surface area contributed by atoms with Crippen LogP contribution in [0.1, 0.15) is 28.8 Å². The Morgan fingerprint density at radius 2 is 1.55 bits per heavy atom. The van der Waals surface area contributed by atoms with Crippen molar-refractivity contribution in [3.05, 3.63) is 108 Å². The first kappa shape index (κ1) is 38.9. The van der Waals surface area contributed by atoms with E-state index in [4.69, 9.17) is 14.2 Å². The first-order chi connectivity index (χ1) is 28.0. The molecule has 58 heavy (non-hydrogen) atoms. The Kier molecular flexibility index (Phi) is 11.1. The summed E-state index contributed by atoms with van der Waals surface area (Å²) >= 11 is 0. The van der Waals surface area contributed by atoms with E-state index >= 15 is 0 Å². The van der Waals surface area contributed by atoms with E-state index in [-0.39, 0.29) is 28.9 Å². The second kappa shape index (κ2) is 16.5. The van der Waals surface area contributed by atoms with Gasteiger partial charge in [-0.1, -0.05) is 24.3 Å². The third-order valence-electron chi connectivity index (χ3n) is 10.9. The number of imide groups is 1. The lowest BCUT2D eigenvalue weighted by Gasteiger charge is -2.36. The number of carbonyl (C=O) groups excluding carboxylic acids is 3. The molecule has 3 amide bonds. The second-order valence-corrected chi connectivity index (χ2v) is 16.8. The van der Waals surface area contributed by atoms with Crippen LogP contribution >= 0.6 is 0 Å². The largest absolute Gasteiger partial charge is 0.508 e. The van der Waals surface area contributed by atoms with Gasteiger partial charge in [0.05, 0.1) is 18.1 Å². The second-order valence-electron chi connectivity index (χ2n) is 14.7. The maximum absolute atomic E-state index is 13.3. The quantitative estimate of drug-likeness (QED) is 0.116. The Morgan fingerprint density at radius 3 is 2.29 bits per heavy atom. The number of rotatable bonds is 13. The molecule has 5 aromatic rings. The Morgan fingerprint density at radius 1 is 0.793 bits per heavy atom. The number of benzene rings is 5. The van der Waals surface area contributed by atoms with Gasteiger partial charge in [0.2, 0.25) is 11.8 Å². The van der Waals surface area contributed by atoms with Gasteiger partial charge < -0.3 is 29.1 Å². The van der Waals surface area contributed by atoms with Crippen molar-refractivity contribution >= 4 is 44.0 Å². The van der Waals surface area contributed by atoms with Crippen LogP contribution in [0.25, 0.3) is 21.9 Å². The highest BCUT2D eigenvalue weighted by molar-refractivity contribution is 7.90. The highest BCUT2D eigenvalue weighted by atomic mass is 32.2. The highest BCUT2D eigenvalue weighted by Crippen LogP contribution is 2.41. The number of amides is 3. The number of nitrogens with one attached hydrogen (secondary N) is 1. The fraction of sp³-hybridized carbons (Fsp3) is 0.295. The molecule has 3 aliphatic heterocycles. The molecule has 0 spiro atoms. The third kappa shape index (κ3) is 8.49. The molecule has 2 saturated heterocycles. The van der Waals surface area contributed by atoms with Gasteiger partial charge in [0.25, 0.3) is 5.91 Å². The number of piperidine rings is 1. The molecule has 13 nitrogen and oxygen atoms in total. The van der Waals surface area contributed by atoms with E-state index in [0.29, 0.717) is 55.6 Å². The lowest BCUT2D eigenvalue weighted by atomic mass is 9.99. The van der Waals surface area contributed by atoms with Crippen LogP contribution in [0.3, 0.4) is 0 Å². The molecule has 1 atom stereocenters. The van der Waals surface area contributed by atoms with Crippen LogP contribution in [-0.4, -0.2) is 106 Å². The molecule has 8 rings (SSSR count). The summed E-state index contributed by atoms with van der Waals surface area (Å²) in [7, 11) is -3.34. The van der Waals surface area contributed by atoms with Crippen molar-refractivity contribution in [2.45, 2.75) is 30.3 Å². The smallest absolute Gasteiger partial charge is 0.255 e. The summed E-state index contributed by atoms with van der Waals surface area (Å²) in [6.45, 7) is 5.90. The van der Waals surface area contributed by atoms with Gasteiger partial charge in [-0.05, 0) is 95.7 Å². The van der Waals surface area contributed by atoms with E-state index in [2.05, 4.69) is 15.1 Å². The fourth-order valence-electron chi connectivity index (χ4n) is 7.71. The Balaban J connectivity index is 0.786. The number of nitrogens with zero attached hydrogens (tertiary/aromatic N) is 3. The van der Waals surface area contributed by atoms with Crippen molar-refractivity contribution < 1.29 is 42.1 Å². The average molecular weight is 805 g/mol. The molecule has 0 aliphatic carbocycles. The number of sulfone groups is 1. The lowest BCUT2D eigenvalue weighted by molar-refractivity contribution is -0.136. The zero-order valence-electron chi connectivity index (χ0n) is 32.1. The average Bonchev–Trinajstić information content (AvgIpc) is 3.54. The lowest BCUT2D eigenvalue weighted by Crippen LogP contribution is -2.52. The fourth-order valence-corrected chi connectivity index (χ4v) is 8.34. The van der Waals surface area contributed by atoms with Gasteiger partial charge in [-0.15, -0.1) is 0 Å². The van der Waals surface area contributed by atoms with Crippen LogP contribution in [0.2, 0.25) is 0 Å². The normalized spacial score (nSPS) is 17.4. The maximum Gasteiger partial charge on any atom is 0.255 e. The SMILES string of the molecule is CS(=O)(=O)c1ccc(-c2ccc3cc(O)ccc3c2Oc2ccc(OCCOCCN3CCN(c4ccc5c(c4)C(=O)N(C4CCC(=O)NC4=O)C5)CC3)cc2)cc1. The molecule has 0 bridgehead atoms. The number of aromatic hydroxyl groups is 1. The topological polar surface area (TPSA) is 155 Å². The van der Waals surface area contributed by atoms with Crippen LogP contribution in [-0.2, 0) is 30.7 Å². The summed E-state index contributed by atoms with van der Waals surface area (Å²) < 4.78 is 42.3. The minimum absolute atomic E-state index is 0.142. The third-order valence-corrected chi connectivity index (χ3v) is 12.0. The first-order valence-electron chi connectivity index (χ1n) is 19.3. The van der Waals surface area contributed by atoms with Crippen LogP contribution in [0.15, 0.2) is 102 Å². The summed E-state index contributed by atoms with van der Waals surface area (Å²) in [6, 6.07) is 28.2. The van der Waals surface area contributed by atoms with Gasteiger partial charge >= 0.3 is 0 Å². The van der Waals surface area contributed by atoms with Gasteiger partial charge in [0, 0.05) is 74.1 Å². The van der Waals surface area contributed by atoms with Gasteiger partial charge in [-0.2, -0.15) is 0 Å². The molecule has 300 valence electrons. The number of anilines is 1. The molecule has 3 aliphatic rings. The van der Waals surface area contributed by atoms with E-state index in [9.17, 15) is 27.9 Å². The standard InChI is InChI=1S/C44H44N4O9S/c1-58(53,54)36-12-3-29(4-13-36)37-14-5-30-26-33(49)7-15-38(30)42(37)57-35-10-8-34(9-11-35)56-25-24-55-23-22-46-18-20-47(21-19-46)32-6-2-31-28-48(44(52)39(31)27-32)40-16-17-41(50)45-43(40)51/h2-15,26-27,40,49H,16-25,28H2,1H3,(H,45,50,51). The van der Waals surface area contributed by atoms with Crippen molar-refractivity contribution in [2.24, 2.45) is 0 Å². The van der Waals surface area contributed by atoms with E-state index in [1.807, 2.05) is 54.6 Å². The highest BCUT2D eigenvalue weighted by Gasteiger charge is 2.39. The monoisotopic (exact) mass is 804 g/mol. The molecule has 2 N–H and O–H groups in total. The molecule has 0 radical (unpaired) electrons. The molecule has 14 heteroatoms. The molecule has 0 saturated carbocycles. The molecule has 5 aromatic carbocycles. The van der Waals surface area contributed by atoms with Crippen molar-refractivity contribution in [2.75, 3.05) is 63.7 Å². The van der Waals surface area contributed by atoms with Crippen molar-refractivity contribution in [3.63, 3.8) is 0 Å². The van der Waals surface area contributed by atoms with Gasteiger partial charge in [0.1, 0.15) is 35.6 Å². The summed E-state index contributed by atoms with van der Waals surface area (Å²) in [5, 5.41) is 14.0. The Hall–Kier alpha value is -5.96. The van der Waals surface area contributed by atoms with Crippen LogP contribution < -0.4 is 19.7 Å². The minimum Gasteiger partial charge on any atom is -0.508 e. The number of hydrogen-bond acceptors (Lipinski definition) is 11. The van der Waals surface area contributed by atoms with E-state index < -0.39 is 21.8 Å². The van der Waals surface area contributed by atoms with Crippen LogP contribution in [0, 0.1) is 0 Å². The van der Waals surface area contributed by atoms with Gasteiger partial charge in [-0.25, -0.2) is 8.42 Å². The minimum atomic E-state index is -3.34. The first-order valence-corrected chi connectivity index (χ1v) is 21.2. The zero-order chi connectivity index (χ0) is 40.4. The predicted octanol–water partition coefficient (Wildman–Crippen LogP) is 5.39. The Bertz CT molecular complexity index is 2470. The van der Waals surface area contributed by atoms with E-state index in [0.717, 1.165) is 65.9 Å².